The lowest BCUT2D eigenvalue weighted by Crippen LogP contribution is -2.19. The molecule has 0 radical (unpaired) electrons. The SMILES string of the molecule is OCc1cccc(C2CCN(Cc3c[nH]c4ccccc34)C2)c1. The third-order valence-electron chi connectivity index (χ3n) is 4.95. The highest BCUT2D eigenvalue weighted by molar-refractivity contribution is 5.82. The lowest BCUT2D eigenvalue weighted by atomic mass is 9.97. The van der Waals surface area contributed by atoms with Crippen LogP contribution in [0.15, 0.2) is 54.7 Å². The molecule has 1 unspecified atom stereocenters. The number of nitrogens with one attached hydrogen (secondary N) is 1. The number of rotatable bonds is 4. The van der Waals surface area contributed by atoms with Crippen LogP contribution < -0.4 is 0 Å². The molecule has 0 spiro atoms. The van der Waals surface area contributed by atoms with Gasteiger partial charge in [-0.25, -0.2) is 0 Å². The number of aromatic amines is 1. The number of aliphatic hydroxyl groups excluding tert-OH is 1. The van der Waals surface area contributed by atoms with E-state index < -0.39 is 0 Å². The number of H-pyrrole nitrogens is 1. The van der Waals surface area contributed by atoms with Gasteiger partial charge in [-0.2, -0.15) is 0 Å². The van der Waals surface area contributed by atoms with Gasteiger partial charge < -0.3 is 10.1 Å². The third-order valence-corrected chi connectivity index (χ3v) is 4.95. The highest BCUT2D eigenvalue weighted by atomic mass is 16.3. The summed E-state index contributed by atoms with van der Waals surface area (Å²) in [6.07, 6.45) is 3.33. The minimum atomic E-state index is 0.125. The van der Waals surface area contributed by atoms with E-state index in [1.807, 2.05) is 6.07 Å². The number of aromatic nitrogens is 1. The van der Waals surface area contributed by atoms with Crippen molar-refractivity contribution < 1.29 is 5.11 Å². The Labute approximate surface area is 136 Å². The van der Waals surface area contributed by atoms with Gasteiger partial charge in [0.25, 0.3) is 0 Å². The molecule has 1 aromatic heterocycles. The molecule has 0 amide bonds. The quantitative estimate of drug-likeness (QED) is 0.772. The van der Waals surface area contributed by atoms with Crippen LogP contribution in [0.3, 0.4) is 0 Å². The summed E-state index contributed by atoms with van der Waals surface area (Å²) in [5.41, 5.74) is 4.97. The molecule has 118 valence electrons. The highest BCUT2D eigenvalue weighted by Crippen LogP contribution is 2.30. The summed E-state index contributed by atoms with van der Waals surface area (Å²) in [7, 11) is 0. The molecular formula is C20H22N2O. The molecule has 0 saturated carbocycles. The summed E-state index contributed by atoms with van der Waals surface area (Å²) in [5.74, 6) is 0.576. The van der Waals surface area contributed by atoms with Gasteiger partial charge in [-0.15, -0.1) is 0 Å². The van der Waals surface area contributed by atoms with Gasteiger partial charge >= 0.3 is 0 Å². The number of aliphatic hydroxyl groups is 1. The van der Waals surface area contributed by atoms with Gasteiger partial charge in [0.2, 0.25) is 0 Å². The van der Waals surface area contributed by atoms with Crippen LogP contribution in [0.2, 0.25) is 0 Å². The van der Waals surface area contributed by atoms with Crippen molar-refractivity contribution in [2.45, 2.75) is 25.5 Å². The smallest absolute Gasteiger partial charge is 0.0681 e. The summed E-state index contributed by atoms with van der Waals surface area (Å²) in [4.78, 5) is 5.90. The molecule has 0 bridgehead atoms. The van der Waals surface area contributed by atoms with Crippen molar-refractivity contribution in [1.82, 2.24) is 9.88 Å². The van der Waals surface area contributed by atoms with Crippen molar-refractivity contribution >= 4 is 10.9 Å². The van der Waals surface area contributed by atoms with E-state index in [-0.39, 0.29) is 6.61 Å². The van der Waals surface area contributed by atoms with E-state index in [2.05, 4.69) is 58.5 Å². The maximum absolute atomic E-state index is 9.31. The van der Waals surface area contributed by atoms with Crippen LogP contribution in [0.5, 0.6) is 0 Å². The first-order valence-corrected chi connectivity index (χ1v) is 8.30. The normalized spacial score (nSPS) is 18.7. The van der Waals surface area contributed by atoms with Crippen molar-refractivity contribution in [3.05, 3.63) is 71.4 Å². The van der Waals surface area contributed by atoms with E-state index in [0.717, 1.165) is 25.2 Å². The molecule has 1 saturated heterocycles. The van der Waals surface area contributed by atoms with Gasteiger partial charge in [-0.3, -0.25) is 4.90 Å². The van der Waals surface area contributed by atoms with Crippen LogP contribution in [0, 0.1) is 0 Å². The van der Waals surface area contributed by atoms with Gasteiger partial charge in [0.05, 0.1) is 6.61 Å². The molecule has 1 fully saturated rings. The average molecular weight is 306 g/mol. The molecule has 23 heavy (non-hydrogen) atoms. The Hall–Kier alpha value is -2.10. The maximum atomic E-state index is 9.31. The van der Waals surface area contributed by atoms with Crippen molar-refractivity contribution in [3.8, 4) is 0 Å². The molecule has 3 nitrogen and oxygen atoms in total. The number of likely N-dealkylation sites (tertiary alicyclic amines) is 1. The Morgan fingerprint density at radius 2 is 2.04 bits per heavy atom. The molecule has 0 aliphatic carbocycles. The Morgan fingerprint density at radius 1 is 1.13 bits per heavy atom. The average Bonchev–Trinajstić information content (AvgIpc) is 3.23. The van der Waals surface area contributed by atoms with E-state index >= 15 is 0 Å². The van der Waals surface area contributed by atoms with E-state index in [4.69, 9.17) is 0 Å². The van der Waals surface area contributed by atoms with Crippen LogP contribution in [-0.2, 0) is 13.2 Å². The Bertz CT molecular complexity index is 808. The van der Waals surface area contributed by atoms with Gasteiger partial charge in [0.1, 0.15) is 0 Å². The van der Waals surface area contributed by atoms with E-state index in [9.17, 15) is 5.11 Å². The standard InChI is InChI=1S/C20H22N2O/c23-14-15-4-3-5-16(10-15)17-8-9-22(12-17)13-18-11-21-20-7-2-1-6-19(18)20/h1-7,10-11,17,21,23H,8-9,12-14H2. The number of hydrogen-bond acceptors (Lipinski definition) is 2. The van der Waals surface area contributed by atoms with Gasteiger partial charge in [0, 0.05) is 30.2 Å². The number of hydrogen-bond donors (Lipinski definition) is 2. The highest BCUT2D eigenvalue weighted by Gasteiger charge is 2.24. The van der Waals surface area contributed by atoms with Crippen LogP contribution in [-0.4, -0.2) is 28.1 Å². The topological polar surface area (TPSA) is 39.3 Å². The van der Waals surface area contributed by atoms with Crippen molar-refractivity contribution in [3.63, 3.8) is 0 Å². The minimum absolute atomic E-state index is 0.125. The molecule has 1 aliphatic rings. The minimum Gasteiger partial charge on any atom is -0.392 e. The fourth-order valence-corrected chi connectivity index (χ4v) is 3.70. The fourth-order valence-electron chi connectivity index (χ4n) is 3.70. The second kappa shape index (κ2) is 6.19. The Kier molecular flexibility index (Phi) is 3.90. The largest absolute Gasteiger partial charge is 0.392 e. The zero-order chi connectivity index (χ0) is 15.6. The number of nitrogens with zero attached hydrogens (tertiary/aromatic N) is 1. The van der Waals surface area contributed by atoms with Crippen LogP contribution in [0.1, 0.15) is 29.0 Å². The predicted molar refractivity (Wildman–Crippen MR) is 93.3 cm³/mol. The number of benzene rings is 2. The number of fused-ring (bicyclic) bond motifs is 1. The zero-order valence-corrected chi connectivity index (χ0v) is 13.2. The Balaban J connectivity index is 1.48. The van der Waals surface area contributed by atoms with Crippen molar-refractivity contribution in [1.29, 1.82) is 0 Å². The van der Waals surface area contributed by atoms with Crippen LogP contribution >= 0.6 is 0 Å². The fraction of sp³-hybridized carbons (Fsp3) is 0.300. The summed E-state index contributed by atoms with van der Waals surface area (Å²) in [6.45, 7) is 3.35. The van der Waals surface area contributed by atoms with Crippen molar-refractivity contribution in [2.75, 3.05) is 13.1 Å². The second-order valence-electron chi connectivity index (χ2n) is 6.48. The van der Waals surface area contributed by atoms with Gasteiger partial charge in [-0.1, -0.05) is 42.5 Å². The predicted octanol–water partition coefficient (Wildman–Crippen LogP) is 3.65. The van der Waals surface area contributed by atoms with Crippen LogP contribution in [0.4, 0.5) is 0 Å². The third kappa shape index (κ3) is 2.90. The molecular weight excluding hydrogens is 284 g/mol. The van der Waals surface area contributed by atoms with Crippen LogP contribution in [0.25, 0.3) is 10.9 Å². The first-order valence-electron chi connectivity index (χ1n) is 8.30. The lowest BCUT2D eigenvalue weighted by molar-refractivity contribution is 0.281. The molecule has 3 aromatic rings. The van der Waals surface area contributed by atoms with E-state index in [1.165, 1.54) is 28.5 Å². The monoisotopic (exact) mass is 306 g/mol. The lowest BCUT2D eigenvalue weighted by Gasteiger charge is -2.16. The molecule has 2 N–H and O–H groups in total. The summed E-state index contributed by atoms with van der Waals surface area (Å²) < 4.78 is 0. The zero-order valence-electron chi connectivity index (χ0n) is 13.2. The second-order valence-corrected chi connectivity index (χ2v) is 6.48. The van der Waals surface area contributed by atoms with E-state index in [0.29, 0.717) is 5.92 Å². The van der Waals surface area contributed by atoms with Crippen molar-refractivity contribution in [2.24, 2.45) is 0 Å². The van der Waals surface area contributed by atoms with Gasteiger partial charge in [0.15, 0.2) is 0 Å². The summed E-state index contributed by atoms with van der Waals surface area (Å²) in [6, 6.07) is 16.9. The van der Waals surface area contributed by atoms with E-state index in [1.54, 1.807) is 0 Å². The molecule has 3 heteroatoms. The number of para-hydroxylation sites is 1. The van der Waals surface area contributed by atoms with Gasteiger partial charge in [-0.05, 0) is 41.6 Å². The molecule has 2 heterocycles. The summed E-state index contributed by atoms with van der Waals surface area (Å²) in [5, 5.41) is 10.6. The Morgan fingerprint density at radius 3 is 2.96 bits per heavy atom. The summed E-state index contributed by atoms with van der Waals surface area (Å²) >= 11 is 0. The maximum Gasteiger partial charge on any atom is 0.0681 e. The molecule has 4 rings (SSSR count). The first kappa shape index (κ1) is 14.5. The molecule has 2 aromatic carbocycles. The molecule has 1 aliphatic heterocycles. The molecule has 1 atom stereocenters. The first-order chi connectivity index (χ1) is 11.3.